The highest BCUT2D eigenvalue weighted by atomic mass is 19.4. The predicted molar refractivity (Wildman–Crippen MR) is 73.2 cm³/mol. The lowest BCUT2D eigenvalue weighted by Gasteiger charge is -2.11. The van der Waals surface area contributed by atoms with E-state index in [1.807, 2.05) is 0 Å². The maximum Gasteiger partial charge on any atom is 0.417 e. The Kier molecular flexibility index (Phi) is 3.72. The van der Waals surface area contributed by atoms with Gasteiger partial charge in [-0.25, -0.2) is 14.3 Å². The van der Waals surface area contributed by atoms with Crippen molar-refractivity contribution in [3.8, 4) is 0 Å². The number of hydrogen-bond donors (Lipinski definition) is 0. The van der Waals surface area contributed by atoms with E-state index in [0.717, 1.165) is 9.36 Å². The summed E-state index contributed by atoms with van der Waals surface area (Å²) in [7, 11) is 0. The van der Waals surface area contributed by atoms with Crippen LogP contribution in [0.25, 0.3) is 0 Å². The highest BCUT2D eigenvalue weighted by Gasteiger charge is 2.34. The van der Waals surface area contributed by atoms with Crippen LogP contribution in [0, 0.1) is 0 Å². The lowest BCUT2D eigenvalue weighted by atomic mass is 10.1. The fourth-order valence-electron chi connectivity index (χ4n) is 1.96. The normalized spacial score (nSPS) is 11.5. The third-order valence-corrected chi connectivity index (χ3v) is 3.07. The molecule has 10 heteroatoms. The first-order valence-corrected chi connectivity index (χ1v) is 6.54. The van der Waals surface area contributed by atoms with Gasteiger partial charge < -0.3 is 0 Å². The van der Waals surface area contributed by atoms with Crippen LogP contribution in [0.3, 0.4) is 0 Å². The largest absolute Gasteiger partial charge is 0.417 e. The van der Waals surface area contributed by atoms with E-state index in [1.54, 1.807) is 0 Å². The van der Waals surface area contributed by atoms with Crippen LogP contribution in [0.2, 0.25) is 0 Å². The molecule has 3 heterocycles. The van der Waals surface area contributed by atoms with Crippen LogP contribution in [-0.4, -0.2) is 36.4 Å². The summed E-state index contributed by atoms with van der Waals surface area (Å²) in [6.45, 7) is 0. The summed E-state index contributed by atoms with van der Waals surface area (Å²) in [5, 5.41) is 7.37. The maximum absolute atomic E-state index is 12.9. The lowest BCUT2D eigenvalue weighted by molar-refractivity contribution is -0.137. The van der Waals surface area contributed by atoms with Gasteiger partial charge in [0, 0.05) is 31.0 Å². The summed E-state index contributed by atoms with van der Waals surface area (Å²) in [6, 6.07) is 3.46. The van der Waals surface area contributed by atoms with Gasteiger partial charge in [0.15, 0.2) is 0 Å². The quantitative estimate of drug-likeness (QED) is 0.714. The van der Waals surface area contributed by atoms with Crippen molar-refractivity contribution in [2.24, 2.45) is 0 Å². The van der Waals surface area contributed by atoms with Crippen molar-refractivity contribution in [3.63, 3.8) is 0 Å². The monoisotopic (exact) mass is 335 g/mol. The fraction of sp³-hybridized carbons (Fsp3) is 0.0714. The number of nitrogens with zero attached hydrogens (tertiary/aromatic N) is 5. The first kappa shape index (κ1) is 15.6. The summed E-state index contributed by atoms with van der Waals surface area (Å²) in [5.74, 6) is -1.74. The number of aromatic nitrogens is 5. The summed E-state index contributed by atoms with van der Waals surface area (Å²) < 4.78 is 40.4. The average Bonchev–Trinajstić information content (AvgIpc) is 3.25. The second kappa shape index (κ2) is 5.72. The van der Waals surface area contributed by atoms with Gasteiger partial charge in [0.05, 0.1) is 11.1 Å². The van der Waals surface area contributed by atoms with Crippen LogP contribution < -0.4 is 0 Å². The minimum Gasteiger partial charge on any atom is -0.267 e. The molecule has 0 aliphatic carbocycles. The van der Waals surface area contributed by atoms with Gasteiger partial charge in [-0.15, -0.1) is 0 Å². The molecule has 7 nitrogen and oxygen atoms in total. The van der Waals surface area contributed by atoms with Crippen molar-refractivity contribution in [1.82, 2.24) is 24.5 Å². The fourth-order valence-corrected chi connectivity index (χ4v) is 1.96. The van der Waals surface area contributed by atoms with Gasteiger partial charge in [-0.3, -0.25) is 9.59 Å². The second-order valence-electron chi connectivity index (χ2n) is 4.63. The molecular formula is C14H8F3N5O2. The third-order valence-electron chi connectivity index (χ3n) is 3.07. The standard InChI is InChI=1S/C14H8F3N5O2/c15-14(16,17)9-7-10(12(23)21-5-1-3-19-21)11(18-8-9)13(24)22-6-2-4-20-22/h1-8H. The first-order valence-electron chi connectivity index (χ1n) is 6.54. The number of carbonyl (C=O) groups is 2. The van der Waals surface area contributed by atoms with E-state index in [9.17, 15) is 22.8 Å². The molecule has 122 valence electrons. The van der Waals surface area contributed by atoms with Crippen LogP contribution in [0.1, 0.15) is 26.4 Å². The average molecular weight is 335 g/mol. The van der Waals surface area contributed by atoms with E-state index in [0.29, 0.717) is 12.3 Å². The van der Waals surface area contributed by atoms with E-state index in [4.69, 9.17) is 0 Å². The summed E-state index contributed by atoms with van der Waals surface area (Å²) in [4.78, 5) is 28.3. The van der Waals surface area contributed by atoms with Gasteiger partial charge in [0.2, 0.25) is 0 Å². The molecule has 0 N–H and O–H groups in total. The van der Waals surface area contributed by atoms with Crippen molar-refractivity contribution in [2.75, 3.05) is 0 Å². The molecule has 0 unspecified atom stereocenters. The third kappa shape index (κ3) is 2.81. The molecular weight excluding hydrogens is 327 g/mol. The molecule has 0 aliphatic heterocycles. The molecule has 3 rings (SSSR count). The van der Waals surface area contributed by atoms with Gasteiger partial charge in [-0.05, 0) is 18.2 Å². The molecule has 3 aromatic rings. The molecule has 0 fully saturated rings. The smallest absolute Gasteiger partial charge is 0.267 e. The van der Waals surface area contributed by atoms with Crippen molar-refractivity contribution in [3.05, 3.63) is 66.0 Å². The van der Waals surface area contributed by atoms with Crippen LogP contribution >= 0.6 is 0 Å². The molecule has 0 amide bonds. The van der Waals surface area contributed by atoms with Crippen LogP contribution in [0.15, 0.2) is 49.2 Å². The zero-order chi connectivity index (χ0) is 17.3. The van der Waals surface area contributed by atoms with Gasteiger partial charge in [0.1, 0.15) is 5.69 Å². The minimum absolute atomic E-state index is 0.452. The zero-order valence-electron chi connectivity index (χ0n) is 11.8. The van der Waals surface area contributed by atoms with Crippen molar-refractivity contribution >= 4 is 11.8 Å². The minimum atomic E-state index is -4.71. The van der Waals surface area contributed by atoms with Gasteiger partial charge in [-0.2, -0.15) is 23.4 Å². The van der Waals surface area contributed by atoms with E-state index >= 15 is 0 Å². The van der Waals surface area contributed by atoms with Crippen molar-refractivity contribution < 1.29 is 22.8 Å². The molecule has 3 aromatic heterocycles. The number of carbonyl (C=O) groups excluding carboxylic acids is 2. The molecule has 0 saturated carbocycles. The maximum atomic E-state index is 12.9. The van der Waals surface area contributed by atoms with Crippen LogP contribution in [0.4, 0.5) is 13.2 Å². The number of hydrogen-bond acceptors (Lipinski definition) is 5. The Bertz CT molecular complexity index is 886. The van der Waals surface area contributed by atoms with Crippen LogP contribution in [0.5, 0.6) is 0 Å². The Hall–Kier alpha value is -3.30. The van der Waals surface area contributed by atoms with E-state index in [1.165, 1.54) is 36.9 Å². The molecule has 0 bridgehead atoms. The molecule has 0 saturated heterocycles. The Morgan fingerprint density at radius 3 is 2.04 bits per heavy atom. The summed E-state index contributed by atoms with van der Waals surface area (Å²) in [5.41, 5.74) is -2.11. The lowest BCUT2D eigenvalue weighted by Crippen LogP contribution is -2.23. The molecule has 0 atom stereocenters. The number of halogens is 3. The predicted octanol–water partition coefficient (Wildman–Crippen LogP) is 1.87. The second-order valence-corrected chi connectivity index (χ2v) is 4.63. The Labute approximate surface area is 132 Å². The van der Waals surface area contributed by atoms with Gasteiger partial charge in [0.25, 0.3) is 11.8 Å². The summed E-state index contributed by atoms with van der Waals surface area (Å²) in [6.07, 6.45) is 0.940. The number of alkyl halides is 3. The van der Waals surface area contributed by atoms with E-state index < -0.39 is 34.8 Å². The zero-order valence-corrected chi connectivity index (χ0v) is 11.8. The number of pyridine rings is 1. The molecule has 0 spiro atoms. The van der Waals surface area contributed by atoms with Crippen LogP contribution in [-0.2, 0) is 6.18 Å². The Morgan fingerprint density at radius 2 is 1.54 bits per heavy atom. The molecule has 0 aromatic carbocycles. The number of rotatable bonds is 2. The Morgan fingerprint density at radius 1 is 0.958 bits per heavy atom. The van der Waals surface area contributed by atoms with Gasteiger partial charge >= 0.3 is 6.18 Å². The topological polar surface area (TPSA) is 82.7 Å². The van der Waals surface area contributed by atoms with Crippen molar-refractivity contribution in [2.45, 2.75) is 6.18 Å². The van der Waals surface area contributed by atoms with E-state index in [-0.39, 0.29) is 0 Å². The molecule has 0 radical (unpaired) electrons. The van der Waals surface area contributed by atoms with Crippen molar-refractivity contribution in [1.29, 1.82) is 0 Å². The SMILES string of the molecule is O=C(c1cc(C(F)(F)F)cnc1C(=O)n1cccn1)n1cccn1. The first-order chi connectivity index (χ1) is 11.4. The Balaban J connectivity index is 2.14. The van der Waals surface area contributed by atoms with Gasteiger partial charge in [-0.1, -0.05) is 0 Å². The molecule has 0 aliphatic rings. The highest BCUT2D eigenvalue weighted by molar-refractivity contribution is 6.07. The summed E-state index contributed by atoms with van der Waals surface area (Å²) >= 11 is 0. The van der Waals surface area contributed by atoms with E-state index in [2.05, 4.69) is 15.2 Å². The highest BCUT2D eigenvalue weighted by Crippen LogP contribution is 2.30. The molecule has 24 heavy (non-hydrogen) atoms.